The molecule has 41 heavy (non-hydrogen) atoms. The molecule has 0 bridgehead atoms. The van der Waals surface area contributed by atoms with Gasteiger partial charge in [0.15, 0.2) is 0 Å². The Labute approximate surface area is 242 Å². The third-order valence-electron chi connectivity index (χ3n) is 6.04. The predicted octanol–water partition coefficient (Wildman–Crippen LogP) is 6.30. The van der Waals surface area contributed by atoms with Crippen molar-refractivity contribution in [3.05, 3.63) is 77.0 Å². The molecular formula is C30H30ClFN6O3. The first kappa shape index (κ1) is 29.5. The number of benzene rings is 2. The molecule has 9 nitrogen and oxygen atoms in total. The van der Waals surface area contributed by atoms with E-state index < -0.39 is 5.82 Å². The van der Waals surface area contributed by atoms with Gasteiger partial charge in [-0.25, -0.2) is 4.39 Å². The van der Waals surface area contributed by atoms with Crippen molar-refractivity contribution in [2.24, 2.45) is 0 Å². The SMILES string of the molecule is CCOc1cc2ncc(C#N)c(Nc3ccc(OCc4ccc(F)cn4)c(Cl)c3)c2cc1NC(=O)CCCN(C)C. The van der Waals surface area contributed by atoms with E-state index in [0.29, 0.717) is 75.2 Å². The van der Waals surface area contributed by atoms with E-state index in [4.69, 9.17) is 21.1 Å². The Balaban J connectivity index is 1.61. The van der Waals surface area contributed by atoms with Crippen molar-refractivity contribution in [3.63, 3.8) is 0 Å². The zero-order chi connectivity index (χ0) is 29.4. The second-order valence-electron chi connectivity index (χ2n) is 9.44. The molecule has 0 aliphatic rings. The van der Waals surface area contributed by atoms with Crippen LogP contribution in [0.25, 0.3) is 10.9 Å². The normalized spacial score (nSPS) is 10.9. The predicted molar refractivity (Wildman–Crippen MR) is 157 cm³/mol. The quantitative estimate of drug-likeness (QED) is 0.202. The van der Waals surface area contributed by atoms with Crippen molar-refractivity contribution in [1.82, 2.24) is 14.9 Å². The van der Waals surface area contributed by atoms with E-state index in [0.717, 1.165) is 12.7 Å². The van der Waals surface area contributed by atoms with Gasteiger partial charge in [0.2, 0.25) is 5.91 Å². The van der Waals surface area contributed by atoms with Gasteiger partial charge in [-0.3, -0.25) is 14.8 Å². The maximum atomic E-state index is 13.1. The maximum absolute atomic E-state index is 13.1. The molecule has 11 heteroatoms. The van der Waals surface area contributed by atoms with Crippen LogP contribution in [0.2, 0.25) is 5.02 Å². The van der Waals surface area contributed by atoms with Crippen LogP contribution in [-0.4, -0.2) is 48.0 Å². The van der Waals surface area contributed by atoms with Crippen molar-refractivity contribution < 1.29 is 18.7 Å². The van der Waals surface area contributed by atoms with Gasteiger partial charge in [0.25, 0.3) is 0 Å². The Morgan fingerprint density at radius 1 is 1.10 bits per heavy atom. The largest absolute Gasteiger partial charge is 0.492 e. The average Bonchev–Trinajstić information content (AvgIpc) is 2.94. The summed E-state index contributed by atoms with van der Waals surface area (Å²) < 4.78 is 24.6. The Morgan fingerprint density at radius 2 is 1.93 bits per heavy atom. The third kappa shape index (κ3) is 7.81. The number of pyridine rings is 2. The highest BCUT2D eigenvalue weighted by atomic mass is 35.5. The number of halogens is 2. The topological polar surface area (TPSA) is 112 Å². The van der Waals surface area contributed by atoms with Gasteiger partial charge in [0.05, 0.1) is 46.0 Å². The number of amides is 1. The lowest BCUT2D eigenvalue weighted by Gasteiger charge is -2.17. The van der Waals surface area contributed by atoms with Crippen LogP contribution in [0.1, 0.15) is 31.0 Å². The van der Waals surface area contributed by atoms with E-state index in [1.807, 2.05) is 25.9 Å². The molecule has 1 amide bonds. The molecule has 0 fully saturated rings. The van der Waals surface area contributed by atoms with Gasteiger partial charge in [-0.05, 0) is 70.4 Å². The first-order valence-electron chi connectivity index (χ1n) is 13.0. The summed E-state index contributed by atoms with van der Waals surface area (Å²) in [5, 5.41) is 17.0. The minimum absolute atomic E-state index is 0.117. The number of fused-ring (bicyclic) bond motifs is 1. The first-order chi connectivity index (χ1) is 19.8. The fraction of sp³-hybridized carbons (Fsp3) is 0.267. The molecule has 4 aromatic rings. The number of rotatable bonds is 12. The number of hydrogen-bond donors (Lipinski definition) is 2. The zero-order valence-corrected chi connectivity index (χ0v) is 23.8. The number of anilines is 3. The van der Waals surface area contributed by atoms with Gasteiger partial charge >= 0.3 is 0 Å². The summed E-state index contributed by atoms with van der Waals surface area (Å²) in [5.74, 6) is 0.351. The molecule has 2 aromatic carbocycles. The van der Waals surface area contributed by atoms with Crippen LogP contribution in [0.4, 0.5) is 21.5 Å². The molecule has 0 aliphatic carbocycles. The molecule has 212 valence electrons. The number of hydrogen-bond acceptors (Lipinski definition) is 8. The first-order valence-corrected chi connectivity index (χ1v) is 13.4. The smallest absolute Gasteiger partial charge is 0.224 e. The molecule has 4 rings (SSSR count). The molecule has 0 radical (unpaired) electrons. The molecule has 0 unspecified atom stereocenters. The minimum Gasteiger partial charge on any atom is -0.492 e. The van der Waals surface area contributed by atoms with Gasteiger partial charge < -0.3 is 25.0 Å². The van der Waals surface area contributed by atoms with Crippen molar-refractivity contribution in [2.75, 3.05) is 37.9 Å². The number of nitrogens with one attached hydrogen (secondary N) is 2. The second kappa shape index (κ2) is 13.7. The third-order valence-corrected chi connectivity index (χ3v) is 6.33. The monoisotopic (exact) mass is 576 g/mol. The molecule has 0 saturated heterocycles. The van der Waals surface area contributed by atoms with Crippen LogP contribution in [0.15, 0.2) is 54.9 Å². The highest BCUT2D eigenvalue weighted by Crippen LogP contribution is 2.37. The van der Waals surface area contributed by atoms with E-state index >= 15 is 0 Å². The fourth-order valence-electron chi connectivity index (χ4n) is 4.06. The fourth-order valence-corrected chi connectivity index (χ4v) is 4.30. The Morgan fingerprint density at radius 3 is 2.61 bits per heavy atom. The van der Waals surface area contributed by atoms with Gasteiger partial charge in [0.1, 0.15) is 30.0 Å². The van der Waals surface area contributed by atoms with Crippen LogP contribution in [0.5, 0.6) is 11.5 Å². The van der Waals surface area contributed by atoms with E-state index in [-0.39, 0.29) is 12.5 Å². The summed E-state index contributed by atoms with van der Waals surface area (Å²) in [5.41, 5.74) is 3.05. The van der Waals surface area contributed by atoms with Crippen molar-refractivity contribution in [3.8, 4) is 17.6 Å². The van der Waals surface area contributed by atoms with Gasteiger partial charge in [-0.2, -0.15) is 5.26 Å². The zero-order valence-electron chi connectivity index (χ0n) is 23.0. The lowest BCUT2D eigenvalue weighted by molar-refractivity contribution is -0.116. The Hall–Kier alpha value is -4.46. The van der Waals surface area contributed by atoms with E-state index in [9.17, 15) is 14.4 Å². The summed E-state index contributed by atoms with van der Waals surface area (Å²) in [6.07, 6.45) is 3.67. The van der Waals surface area contributed by atoms with Gasteiger partial charge in [-0.15, -0.1) is 0 Å². The minimum atomic E-state index is -0.425. The number of aromatic nitrogens is 2. The van der Waals surface area contributed by atoms with E-state index in [1.54, 1.807) is 30.3 Å². The number of ether oxygens (including phenoxy) is 2. The average molecular weight is 577 g/mol. The van der Waals surface area contributed by atoms with Crippen LogP contribution >= 0.6 is 11.6 Å². The molecule has 2 N–H and O–H groups in total. The van der Waals surface area contributed by atoms with Crippen LogP contribution in [0.3, 0.4) is 0 Å². The van der Waals surface area contributed by atoms with Gasteiger partial charge in [0, 0.05) is 29.8 Å². The Kier molecular flexibility index (Phi) is 9.90. The summed E-state index contributed by atoms with van der Waals surface area (Å²) in [6.45, 7) is 3.18. The van der Waals surface area contributed by atoms with Crippen LogP contribution in [0, 0.1) is 17.1 Å². The van der Waals surface area contributed by atoms with Crippen molar-refractivity contribution in [1.29, 1.82) is 5.26 Å². The second-order valence-corrected chi connectivity index (χ2v) is 9.85. The van der Waals surface area contributed by atoms with Crippen LogP contribution < -0.4 is 20.1 Å². The Bertz CT molecular complexity index is 1570. The summed E-state index contributed by atoms with van der Waals surface area (Å²) in [7, 11) is 3.92. The van der Waals surface area contributed by atoms with Gasteiger partial charge in [-0.1, -0.05) is 11.6 Å². The lowest BCUT2D eigenvalue weighted by atomic mass is 10.1. The maximum Gasteiger partial charge on any atom is 0.224 e. The summed E-state index contributed by atoms with van der Waals surface area (Å²) in [6, 6.07) is 13.6. The highest BCUT2D eigenvalue weighted by Gasteiger charge is 2.16. The molecule has 0 atom stereocenters. The van der Waals surface area contributed by atoms with Crippen molar-refractivity contribution in [2.45, 2.75) is 26.4 Å². The molecule has 0 spiro atoms. The van der Waals surface area contributed by atoms with E-state index in [2.05, 4.69) is 26.7 Å². The number of carbonyl (C=O) groups is 1. The lowest BCUT2D eigenvalue weighted by Crippen LogP contribution is -2.17. The molecule has 2 aromatic heterocycles. The molecular weight excluding hydrogens is 547 g/mol. The standard InChI is InChI=1S/C30H30ClFN6O3/c1-4-40-28-14-25-23(13-26(28)37-29(39)6-5-11-38(2)3)30(19(15-33)16-35-25)36-21-9-10-27(24(31)12-21)41-18-22-8-7-20(32)17-34-22/h7-10,12-14,16-17H,4-6,11,18H2,1-3H3,(H,35,36)(H,37,39). The summed E-state index contributed by atoms with van der Waals surface area (Å²) in [4.78, 5) is 23.1. The van der Waals surface area contributed by atoms with Crippen LogP contribution in [-0.2, 0) is 11.4 Å². The number of nitriles is 1. The number of nitrogens with zero attached hydrogens (tertiary/aromatic N) is 4. The molecule has 0 aliphatic heterocycles. The highest BCUT2D eigenvalue weighted by molar-refractivity contribution is 6.32. The number of carbonyl (C=O) groups excluding carboxylic acids is 1. The summed E-state index contributed by atoms with van der Waals surface area (Å²) >= 11 is 6.49. The van der Waals surface area contributed by atoms with E-state index in [1.165, 1.54) is 18.3 Å². The van der Waals surface area contributed by atoms with Crippen molar-refractivity contribution >= 4 is 45.5 Å². The molecule has 0 saturated carbocycles. The molecule has 2 heterocycles.